The minimum Gasteiger partial charge on any atom is -0.493 e. The average molecular weight is 491 g/mol. The summed E-state index contributed by atoms with van der Waals surface area (Å²) in [5, 5.41) is 0. The molecule has 0 amide bonds. The van der Waals surface area contributed by atoms with Gasteiger partial charge in [-0.3, -0.25) is 0 Å². The van der Waals surface area contributed by atoms with Crippen LogP contribution in [-0.4, -0.2) is 6.61 Å². The maximum atomic E-state index is 14.5. The Kier molecular flexibility index (Phi) is 9.13. The van der Waals surface area contributed by atoms with Crippen LogP contribution >= 0.6 is 0 Å². The molecule has 0 aromatic heterocycles. The fourth-order valence-electron chi connectivity index (χ4n) is 6.43. The highest BCUT2D eigenvalue weighted by atomic mass is 19.2. The number of rotatable bonds is 9. The summed E-state index contributed by atoms with van der Waals surface area (Å²) in [4.78, 5) is 0. The van der Waals surface area contributed by atoms with Crippen LogP contribution in [0.25, 0.3) is 11.1 Å². The molecular weight excluding hydrogens is 452 g/mol. The summed E-state index contributed by atoms with van der Waals surface area (Å²) in [5.74, 6) is -0.259. The Bertz CT molecular complexity index is 936. The second-order valence-corrected chi connectivity index (χ2v) is 10.7. The second kappa shape index (κ2) is 12.3. The Morgan fingerprint density at radius 1 is 0.686 bits per heavy atom. The van der Waals surface area contributed by atoms with Crippen LogP contribution in [0, 0.1) is 46.9 Å². The lowest BCUT2D eigenvalue weighted by atomic mass is 9.68. The molecule has 0 radical (unpaired) electrons. The fourth-order valence-corrected chi connectivity index (χ4v) is 6.43. The second-order valence-electron chi connectivity index (χ2n) is 10.7. The number of hydrogen-bond donors (Lipinski definition) is 0. The van der Waals surface area contributed by atoms with E-state index in [-0.39, 0.29) is 16.9 Å². The lowest BCUT2D eigenvalue weighted by molar-refractivity contribution is 0.138. The summed E-state index contributed by atoms with van der Waals surface area (Å²) in [6.07, 6.45) is 15.6. The topological polar surface area (TPSA) is 9.23 Å². The van der Waals surface area contributed by atoms with E-state index in [1.165, 1.54) is 64.2 Å². The van der Waals surface area contributed by atoms with Crippen molar-refractivity contribution in [3.8, 4) is 16.9 Å². The summed E-state index contributed by atoms with van der Waals surface area (Å²) in [6, 6.07) is 5.04. The monoisotopic (exact) mass is 490 g/mol. The van der Waals surface area contributed by atoms with Crippen molar-refractivity contribution in [3.63, 3.8) is 0 Å². The third-order valence-electron chi connectivity index (χ3n) is 8.40. The van der Waals surface area contributed by atoms with E-state index < -0.39 is 23.3 Å². The quantitative estimate of drug-likeness (QED) is 0.251. The average Bonchev–Trinajstić information content (AvgIpc) is 2.85. The minimum absolute atomic E-state index is 0.0462. The van der Waals surface area contributed by atoms with Crippen molar-refractivity contribution in [1.82, 2.24) is 0 Å². The van der Waals surface area contributed by atoms with E-state index in [4.69, 9.17) is 4.74 Å². The molecule has 0 atom stereocenters. The number of hydrogen-bond acceptors (Lipinski definition) is 1. The molecule has 0 N–H and O–H groups in total. The summed E-state index contributed by atoms with van der Waals surface area (Å²) in [7, 11) is 0. The van der Waals surface area contributed by atoms with Gasteiger partial charge in [-0.25, -0.2) is 17.6 Å². The molecule has 0 saturated heterocycles. The van der Waals surface area contributed by atoms with Crippen molar-refractivity contribution in [1.29, 1.82) is 0 Å². The normalized spacial score (nSPS) is 24.9. The molecule has 2 aliphatic carbocycles. The van der Waals surface area contributed by atoms with E-state index in [0.29, 0.717) is 6.61 Å². The Labute approximate surface area is 207 Å². The van der Waals surface area contributed by atoms with Crippen molar-refractivity contribution in [2.75, 3.05) is 6.61 Å². The first kappa shape index (κ1) is 26.0. The van der Waals surface area contributed by atoms with Crippen molar-refractivity contribution >= 4 is 0 Å². The van der Waals surface area contributed by atoms with E-state index >= 15 is 0 Å². The predicted octanol–water partition coefficient (Wildman–Crippen LogP) is 9.48. The van der Waals surface area contributed by atoms with Gasteiger partial charge in [-0.05, 0) is 79.9 Å². The van der Waals surface area contributed by atoms with E-state index in [9.17, 15) is 17.6 Å². The van der Waals surface area contributed by atoms with E-state index in [2.05, 4.69) is 6.92 Å². The van der Waals surface area contributed by atoms with Gasteiger partial charge in [0.25, 0.3) is 0 Å². The minimum atomic E-state index is -1.14. The summed E-state index contributed by atoms with van der Waals surface area (Å²) < 4.78 is 61.3. The van der Waals surface area contributed by atoms with Crippen molar-refractivity contribution in [3.05, 3.63) is 53.6 Å². The van der Waals surface area contributed by atoms with Gasteiger partial charge in [0.1, 0.15) is 17.4 Å². The molecule has 0 unspecified atom stereocenters. The van der Waals surface area contributed by atoms with Gasteiger partial charge in [0.2, 0.25) is 0 Å². The highest BCUT2D eigenvalue weighted by Crippen LogP contribution is 2.43. The highest BCUT2D eigenvalue weighted by Gasteiger charge is 2.30. The van der Waals surface area contributed by atoms with Crippen LogP contribution in [0.15, 0.2) is 30.3 Å². The summed E-state index contributed by atoms with van der Waals surface area (Å²) in [6.45, 7) is 2.70. The molecular formula is C30H38F4O. The van der Waals surface area contributed by atoms with Crippen molar-refractivity contribution in [2.24, 2.45) is 23.7 Å². The van der Waals surface area contributed by atoms with Crippen LogP contribution in [0.5, 0.6) is 5.75 Å². The highest BCUT2D eigenvalue weighted by molar-refractivity contribution is 5.66. The standard InChI is InChI=1S/C30H38F4O/c1-2-4-20-6-10-22(11-7-20)23-12-8-21(9-13-23)5-3-16-35-25-18-28(33)30(29(34)19-25)24-14-15-26(31)27(32)17-24/h14-15,17-23H,2-13,16H2,1H3/t20-,21-,22-,23-. The smallest absolute Gasteiger partial charge is 0.159 e. The number of ether oxygens (including phenoxy) is 1. The van der Waals surface area contributed by atoms with Crippen LogP contribution in [0.4, 0.5) is 17.6 Å². The lowest BCUT2D eigenvalue weighted by Crippen LogP contribution is -2.26. The van der Waals surface area contributed by atoms with Gasteiger partial charge in [0.05, 0.1) is 12.2 Å². The van der Waals surface area contributed by atoms with Crippen LogP contribution in [-0.2, 0) is 0 Å². The zero-order valence-electron chi connectivity index (χ0n) is 20.8. The van der Waals surface area contributed by atoms with Gasteiger partial charge in [0.15, 0.2) is 11.6 Å². The molecule has 2 aliphatic rings. The van der Waals surface area contributed by atoms with Gasteiger partial charge in [0, 0.05) is 12.1 Å². The lowest BCUT2D eigenvalue weighted by Gasteiger charge is -2.38. The van der Waals surface area contributed by atoms with E-state index in [1.807, 2.05) is 0 Å². The summed E-state index contributed by atoms with van der Waals surface area (Å²) in [5.41, 5.74) is -0.429. The SMILES string of the molecule is CCC[C@H]1CC[C@H]([C@H]2CC[C@H](CCCOc3cc(F)c(-c4ccc(F)c(F)c4)c(F)c3)CC2)CC1. The van der Waals surface area contributed by atoms with Gasteiger partial charge < -0.3 is 4.74 Å². The van der Waals surface area contributed by atoms with E-state index in [1.54, 1.807) is 0 Å². The molecule has 2 saturated carbocycles. The van der Waals surface area contributed by atoms with Crippen LogP contribution in [0.2, 0.25) is 0 Å². The third-order valence-corrected chi connectivity index (χ3v) is 8.40. The molecule has 0 spiro atoms. The Morgan fingerprint density at radius 3 is 1.80 bits per heavy atom. The summed E-state index contributed by atoms with van der Waals surface area (Å²) >= 11 is 0. The third kappa shape index (κ3) is 6.80. The van der Waals surface area contributed by atoms with Crippen LogP contribution in [0.3, 0.4) is 0 Å². The molecule has 4 rings (SSSR count). The molecule has 35 heavy (non-hydrogen) atoms. The molecule has 2 aromatic carbocycles. The predicted molar refractivity (Wildman–Crippen MR) is 132 cm³/mol. The first-order valence-electron chi connectivity index (χ1n) is 13.5. The molecule has 2 fully saturated rings. The first-order chi connectivity index (χ1) is 16.9. The van der Waals surface area contributed by atoms with Gasteiger partial charge >= 0.3 is 0 Å². The number of benzene rings is 2. The number of halogens is 4. The van der Waals surface area contributed by atoms with Crippen molar-refractivity contribution in [2.45, 2.75) is 84.0 Å². The molecule has 0 heterocycles. The van der Waals surface area contributed by atoms with Gasteiger partial charge in [-0.15, -0.1) is 0 Å². The van der Waals surface area contributed by atoms with Crippen molar-refractivity contribution < 1.29 is 22.3 Å². The first-order valence-corrected chi connectivity index (χ1v) is 13.5. The molecule has 2 aromatic rings. The molecule has 1 nitrogen and oxygen atoms in total. The molecule has 5 heteroatoms. The molecule has 0 bridgehead atoms. The van der Waals surface area contributed by atoms with Gasteiger partial charge in [-0.2, -0.15) is 0 Å². The van der Waals surface area contributed by atoms with E-state index in [0.717, 1.165) is 66.8 Å². The van der Waals surface area contributed by atoms with Crippen LogP contribution in [0.1, 0.15) is 84.0 Å². The molecule has 0 aliphatic heterocycles. The maximum absolute atomic E-state index is 14.5. The van der Waals surface area contributed by atoms with Gasteiger partial charge in [-0.1, -0.05) is 51.5 Å². The Balaban J connectivity index is 1.19. The zero-order valence-corrected chi connectivity index (χ0v) is 20.8. The Hall–Kier alpha value is -2.04. The maximum Gasteiger partial charge on any atom is 0.159 e. The fraction of sp³-hybridized carbons (Fsp3) is 0.600. The zero-order chi connectivity index (χ0) is 24.8. The molecule has 192 valence electrons. The Morgan fingerprint density at radius 2 is 1.26 bits per heavy atom. The van der Waals surface area contributed by atoms with Crippen LogP contribution < -0.4 is 4.74 Å². The largest absolute Gasteiger partial charge is 0.493 e.